The standard InChI is InChI=1S/C29H31ClFN3O3/c1-16-18(3)34(15-19-12-13-32-22(31)14-19)27-23(16)25(20-8-10-21(30)11-9-20)24(17(2)33-27)26(28(35)36-7)37-29(4,5)6/h8-14,26H,15H2,1-7H3/t26-/m0/s1. The normalized spacial score (nSPS) is 12.7. The van der Waals surface area contributed by atoms with Gasteiger partial charge in [0, 0.05) is 45.7 Å². The van der Waals surface area contributed by atoms with Crippen molar-refractivity contribution in [2.75, 3.05) is 7.11 Å². The average Bonchev–Trinajstić information content (AvgIpc) is 3.06. The predicted octanol–water partition coefficient (Wildman–Crippen LogP) is 6.89. The Kier molecular flexibility index (Phi) is 7.40. The van der Waals surface area contributed by atoms with Crippen LogP contribution in [0.25, 0.3) is 22.2 Å². The predicted molar refractivity (Wildman–Crippen MR) is 143 cm³/mol. The van der Waals surface area contributed by atoms with Crippen LogP contribution in [-0.2, 0) is 20.8 Å². The molecule has 8 heteroatoms. The van der Waals surface area contributed by atoms with Gasteiger partial charge in [-0.2, -0.15) is 4.39 Å². The topological polar surface area (TPSA) is 66.2 Å². The molecule has 0 spiro atoms. The summed E-state index contributed by atoms with van der Waals surface area (Å²) in [5.74, 6) is -1.03. The summed E-state index contributed by atoms with van der Waals surface area (Å²) in [6, 6.07) is 10.7. The lowest BCUT2D eigenvalue weighted by Crippen LogP contribution is -2.29. The van der Waals surface area contributed by atoms with Gasteiger partial charge in [0.2, 0.25) is 5.95 Å². The van der Waals surface area contributed by atoms with Gasteiger partial charge in [-0.15, -0.1) is 0 Å². The Hall–Kier alpha value is -3.29. The number of halogens is 2. The summed E-state index contributed by atoms with van der Waals surface area (Å²) in [4.78, 5) is 21.8. The van der Waals surface area contributed by atoms with Gasteiger partial charge in [0.15, 0.2) is 6.10 Å². The molecule has 0 amide bonds. The molecule has 1 aromatic carbocycles. The molecule has 0 radical (unpaired) electrons. The van der Waals surface area contributed by atoms with Gasteiger partial charge in [-0.05, 0) is 82.5 Å². The number of methoxy groups -OCH3 is 1. The molecule has 0 aliphatic carbocycles. The number of aryl methyl sites for hydroxylation is 2. The molecule has 3 heterocycles. The van der Waals surface area contributed by atoms with Crippen molar-refractivity contribution < 1.29 is 18.7 Å². The Labute approximate surface area is 221 Å². The number of hydrogen-bond acceptors (Lipinski definition) is 5. The molecule has 0 unspecified atom stereocenters. The van der Waals surface area contributed by atoms with Crippen LogP contribution in [0.1, 0.15) is 55.0 Å². The van der Waals surface area contributed by atoms with E-state index in [-0.39, 0.29) is 0 Å². The van der Waals surface area contributed by atoms with Crippen molar-refractivity contribution in [2.45, 2.75) is 59.8 Å². The number of ether oxygens (including phenoxy) is 2. The molecular weight excluding hydrogens is 493 g/mol. The number of carbonyl (C=O) groups is 1. The lowest BCUT2D eigenvalue weighted by molar-refractivity contribution is -0.164. The molecule has 0 bridgehead atoms. The Morgan fingerprint density at radius 1 is 1.14 bits per heavy atom. The molecule has 4 aromatic rings. The van der Waals surface area contributed by atoms with E-state index >= 15 is 0 Å². The molecule has 4 rings (SSSR count). The van der Waals surface area contributed by atoms with Crippen molar-refractivity contribution in [3.8, 4) is 11.1 Å². The first-order valence-corrected chi connectivity index (χ1v) is 12.4. The van der Waals surface area contributed by atoms with Gasteiger partial charge < -0.3 is 14.0 Å². The fourth-order valence-corrected chi connectivity index (χ4v) is 4.76. The zero-order valence-electron chi connectivity index (χ0n) is 22.1. The summed E-state index contributed by atoms with van der Waals surface area (Å²) < 4.78 is 27.4. The maximum Gasteiger partial charge on any atom is 0.339 e. The van der Waals surface area contributed by atoms with Gasteiger partial charge in [0.25, 0.3) is 0 Å². The molecule has 0 saturated heterocycles. The van der Waals surface area contributed by atoms with Crippen molar-refractivity contribution >= 4 is 28.6 Å². The summed E-state index contributed by atoms with van der Waals surface area (Å²) >= 11 is 6.22. The van der Waals surface area contributed by atoms with E-state index in [0.717, 1.165) is 39.0 Å². The third kappa shape index (κ3) is 5.38. The number of aromatic nitrogens is 3. The molecular formula is C29H31ClFN3O3. The second kappa shape index (κ2) is 10.2. The lowest BCUT2D eigenvalue weighted by Gasteiger charge is -2.29. The van der Waals surface area contributed by atoms with Gasteiger partial charge in [-0.25, -0.2) is 14.8 Å². The van der Waals surface area contributed by atoms with Crippen LogP contribution in [0, 0.1) is 26.7 Å². The average molecular weight is 524 g/mol. The summed E-state index contributed by atoms with van der Waals surface area (Å²) in [5, 5.41) is 1.49. The van der Waals surface area contributed by atoms with Crippen LogP contribution in [0.5, 0.6) is 0 Å². The van der Waals surface area contributed by atoms with Gasteiger partial charge in [0.1, 0.15) is 5.65 Å². The molecule has 1 atom stereocenters. The Morgan fingerprint density at radius 2 is 1.81 bits per heavy atom. The zero-order chi connectivity index (χ0) is 27.1. The van der Waals surface area contributed by atoms with E-state index in [2.05, 4.69) is 9.55 Å². The highest BCUT2D eigenvalue weighted by atomic mass is 35.5. The number of hydrogen-bond donors (Lipinski definition) is 0. The maximum absolute atomic E-state index is 13.9. The van der Waals surface area contributed by atoms with Crippen LogP contribution in [0.2, 0.25) is 5.02 Å². The van der Waals surface area contributed by atoms with Crippen LogP contribution >= 0.6 is 11.6 Å². The van der Waals surface area contributed by atoms with Crippen molar-refractivity contribution in [3.63, 3.8) is 0 Å². The molecule has 0 fully saturated rings. The fraction of sp³-hybridized carbons (Fsp3) is 0.345. The van der Waals surface area contributed by atoms with Crippen LogP contribution in [0.3, 0.4) is 0 Å². The van der Waals surface area contributed by atoms with Crippen molar-refractivity contribution in [3.05, 3.63) is 81.6 Å². The first kappa shape index (κ1) is 26.8. The van der Waals surface area contributed by atoms with Crippen molar-refractivity contribution in [1.82, 2.24) is 14.5 Å². The highest BCUT2D eigenvalue weighted by Gasteiger charge is 2.34. The van der Waals surface area contributed by atoms with E-state index < -0.39 is 23.6 Å². The zero-order valence-corrected chi connectivity index (χ0v) is 22.9. The maximum atomic E-state index is 13.9. The van der Waals surface area contributed by atoms with Gasteiger partial charge in [-0.1, -0.05) is 23.7 Å². The Bertz CT molecular complexity index is 1470. The quantitative estimate of drug-likeness (QED) is 0.203. The van der Waals surface area contributed by atoms with E-state index in [1.165, 1.54) is 19.4 Å². The van der Waals surface area contributed by atoms with E-state index in [4.69, 9.17) is 26.1 Å². The molecule has 37 heavy (non-hydrogen) atoms. The molecule has 194 valence electrons. The van der Waals surface area contributed by atoms with Crippen molar-refractivity contribution in [2.24, 2.45) is 0 Å². The number of nitrogens with zero attached hydrogens (tertiary/aromatic N) is 3. The summed E-state index contributed by atoms with van der Waals surface area (Å²) in [6.07, 6.45) is 0.462. The SMILES string of the molecule is COC(=O)[C@@H](OC(C)(C)C)c1c(C)nc2c(c(C)c(C)n2Cc2ccnc(F)c2)c1-c1ccc(Cl)cc1. The molecule has 0 saturated carbocycles. The monoisotopic (exact) mass is 523 g/mol. The number of pyridine rings is 2. The molecule has 6 nitrogen and oxygen atoms in total. The molecule has 0 aliphatic heterocycles. The van der Waals surface area contributed by atoms with Gasteiger partial charge in [0.05, 0.1) is 12.7 Å². The second-order valence-electron chi connectivity index (χ2n) is 10.1. The second-order valence-corrected chi connectivity index (χ2v) is 10.5. The smallest absolute Gasteiger partial charge is 0.339 e. The van der Waals surface area contributed by atoms with Gasteiger partial charge >= 0.3 is 5.97 Å². The third-order valence-corrected chi connectivity index (χ3v) is 6.65. The van der Waals surface area contributed by atoms with E-state index in [1.54, 1.807) is 6.07 Å². The molecule has 0 N–H and O–H groups in total. The number of esters is 1. The first-order chi connectivity index (χ1) is 17.4. The Morgan fingerprint density at radius 3 is 2.41 bits per heavy atom. The minimum Gasteiger partial charge on any atom is -0.467 e. The largest absolute Gasteiger partial charge is 0.467 e. The fourth-order valence-electron chi connectivity index (χ4n) is 4.63. The number of benzene rings is 1. The summed E-state index contributed by atoms with van der Waals surface area (Å²) in [7, 11) is 1.35. The highest BCUT2D eigenvalue weighted by molar-refractivity contribution is 6.30. The number of rotatable bonds is 6. The first-order valence-electron chi connectivity index (χ1n) is 12.0. The Balaban J connectivity index is 2.08. The molecule has 3 aromatic heterocycles. The highest BCUT2D eigenvalue weighted by Crippen LogP contribution is 2.42. The van der Waals surface area contributed by atoms with E-state index in [9.17, 15) is 9.18 Å². The minimum absolute atomic E-state index is 0.417. The number of carbonyl (C=O) groups excluding carboxylic acids is 1. The van der Waals surface area contributed by atoms with Crippen molar-refractivity contribution in [1.29, 1.82) is 0 Å². The van der Waals surface area contributed by atoms with Crippen LogP contribution in [0.4, 0.5) is 4.39 Å². The van der Waals surface area contributed by atoms with Crippen LogP contribution in [-0.4, -0.2) is 33.2 Å². The summed E-state index contributed by atoms with van der Waals surface area (Å²) in [6.45, 7) is 12.0. The minimum atomic E-state index is -0.995. The lowest BCUT2D eigenvalue weighted by atomic mass is 9.91. The van der Waals surface area contributed by atoms with Gasteiger partial charge in [-0.3, -0.25) is 0 Å². The van der Waals surface area contributed by atoms with E-state index in [0.29, 0.717) is 22.8 Å². The van der Waals surface area contributed by atoms with E-state index in [1.807, 2.05) is 65.8 Å². The number of fused-ring (bicyclic) bond motifs is 1. The van der Waals surface area contributed by atoms with Crippen LogP contribution in [0.15, 0.2) is 42.6 Å². The molecule has 0 aliphatic rings. The van der Waals surface area contributed by atoms with Crippen LogP contribution < -0.4 is 0 Å². The third-order valence-electron chi connectivity index (χ3n) is 6.40. The summed E-state index contributed by atoms with van der Waals surface area (Å²) in [5.41, 5.74) is 5.85.